The lowest BCUT2D eigenvalue weighted by molar-refractivity contribution is -0.135. The van der Waals surface area contributed by atoms with Crippen molar-refractivity contribution in [3.63, 3.8) is 0 Å². The van der Waals surface area contributed by atoms with Crippen molar-refractivity contribution in [3.8, 4) is 0 Å². The summed E-state index contributed by atoms with van der Waals surface area (Å²) < 4.78 is 0. The van der Waals surface area contributed by atoms with Crippen molar-refractivity contribution in [2.24, 2.45) is 5.92 Å². The van der Waals surface area contributed by atoms with E-state index in [-0.39, 0.29) is 24.3 Å². The number of piperidine rings is 1. The van der Waals surface area contributed by atoms with Gasteiger partial charge >= 0.3 is 0 Å². The maximum Gasteiger partial charge on any atom is 0.223 e. The van der Waals surface area contributed by atoms with Gasteiger partial charge in [0.15, 0.2) is 0 Å². The summed E-state index contributed by atoms with van der Waals surface area (Å²) in [6.45, 7) is 2.65. The third-order valence-electron chi connectivity index (χ3n) is 3.44. The maximum absolute atomic E-state index is 11.8. The largest absolute Gasteiger partial charge is 0.396 e. The van der Waals surface area contributed by atoms with Crippen LogP contribution in [0.1, 0.15) is 25.7 Å². The number of nitrogens with one attached hydrogen (secondary N) is 2. The van der Waals surface area contributed by atoms with Crippen LogP contribution < -0.4 is 10.6 Å². The van der Waals surface area contributed by atoms with E-state index in [0.29, 0.717) is 39.0 Å². The highest BCUT2D eigenvalue weighted by molar-refractivity contribution is 5.80. The summed E-state index contributed by atoms with van der Waals surface area (Å²) >= 11 is 0. The molecule has 6 heteroatoms. The smallest absolute Gasteiger partial charge is 0.223 e. The van der Waals surface area contributed by atoms with Gasteiger partial charge in [-0.2, -0.15) is 0 Å². The molecule has 0 unspecified atom stereocenters. The summed E-state index contributed by atoms with van der Waals surface area (Å²) in [6, 6.07) is 0. The molecule has 0 saturated carbocycles. The third-order valence-corrected chi connectivity index (χ3v) is 3.44. The number of hydrogen-bond donors (Lipinski definition) is 3. The van der Waals surface area contributed by atoms with Gasteiger partial charge in [0.1, 0.15) is 0 Å². The number of hydrogen-bond acceptors (Lipinski definition) is 4. The van der Waals surface area contributed by atoms with E-state index < -0.39 is 0 Å². The predicted molar refractivity (Wildman–Crippen MR) is 72.6 cm³/mol. The summed E-state index contributed by atoms with van der Waals surface area (Å²) in [7, 11) is 1.83. The molecule has 0 aromatic heterocycles. The Labute approximate surface area is 114 Å². The molecule has 1 aliphatic heterocycles. The van der Waals surface area contributed by atoms with Gasteiger partial charge in [-0.3, -0.25) is 9.59 Å². The lowest BCUT2D eigenvalue weighted by atomic mass is 9.95. The second-order valence-corrected chi connectivity index (χ2v) is 4.88. The zero-order valence-corrected chi connectivity index (χ0v) is 11.7. The van der Waals surface area contributed by atoms with Crippen molar-refractivity contribution in [2.45, 2.75) is 25.7 Å². The van der Waals surface area contributed by atoms with Gasteiger partial charge in [-0.15, -0.1) is 0 Å². The lowest BCUT2D eigenvalue weighted by Crippen LogP contribution is -2.43. The summed E-state index contributed by atoms with van der Waals surface area (Å²) in [5, 5.41) is 14.4. The van der Waals surface area contributed by atoms with E-state index in [1.807, 2.05) is 11.9 Å². The van der Waals surface area contributed by atoms with Crippen LogP contribution in [0.2, 0.25) is 0 Å². The second kappa shape index (κ2) is 8.87. The molecule has 0 aromatic carbocycles. The van der Waals surface area contributed by atoms with E-state index in [4.69, 9.17) is 5.11 Å². The molecule has 1 rings (SSSR count). The van der Waals surface area contributed by atoms with Gasteiger partial charge in [-0.05, 0) is 26.3 Å². The summed E-state index contributed by atoms with van der Waals surface area (Å²) in [4.78, 5) is 25.5. The van der Waals surface area contributed by atoms with Gasteiger partial charge in [-0.25, -0.2) is 0 Å². The van der Waals surface area contributed by atoms with Gasteiger partial charge in [0.05, 0.1) is 0 Å². The van der Waals surface area contributed by atoms with E-state index >= 15 is 0 Å². The molecular formula is C13H25N3O3. The number of amides is 2. The first kappa shape index (κ1) is 15.9. The molecule has 2 amide bonds. The minimum Gasteiger partial charge on any atom is -0.396 e. The normalized spacial score (nSPS) is 16.4. The first-order valence-corrected chi connectivity index (χ1v) is 7.00. The molecule has 19 heavy (non-hydrogen) atoms. The summed E-state index contributed by atoms with van der Waals surface area (Å²) in [6.07, 6.45) is 2.57. The van der Waals surface area contributed by atoms with Gasteiger partial charge in [0, 0.05) is 45.1 Å². The van der Waals surface area contributed by atoms with Crippen LogP contribution in [0, 0.1) is 5.92 Å². The fraction of sp³-hybridized carbons (Fsp3) is 0.846. The minimum atomic E-state index is 0.00652. The van der Waals surface area contributed by atoms with Gasteiger partial charge < -0.3 is 20.6 Å². The number of rotatable bonds is 7. The fourth-order valence-electron chi connectivity index (χ4n) is 2.22. The number of aliphatic hydroxyl groups is 1. The third kappa shape index (κ3) is 5.57. The highest BCUT2D eigenvalue weighted by atomic mass is 16.3. The van der Waals surface area contributed by atoms with Crippen molar-refractivity contribution in [3.05, 3.63) is 0 Å². The van der Waals surface area contributed by atoms with Crippen LogP contribution in [0.15, 0.2) is 0 Å². The SMILES string of the molecule is CNCCC(=O)N1CCC(C(=O)NCCCO)CC1. The molecule has 6 nitrogen and oxygen atoms in total. The molecular weight excluding hydrogens is 246 g/mol. The number of carbonyl (C=O) groups is 2. The molecule has 1 saturated heterocycles. The van der Waals surface area contributed by atoms with E-state index in [9.17, 15) is 9.59 Å². The van der Waals surface area contributed by atoms with Crippen molar-refractivity contribution in [1.82, 2.24) is 15.5 Å². The van der Waals surface area contributed by atoms with Crippen molar-refractivity contribution in [2.75, 3.05) is 39.8 Å². The molecule has 1 aliphatic rings. The van der Waals surface area contributed by atoms with E-state index in [1.54, 1.807) is 0 Å². The topological polar surface area (TPSA) is 81.7 Å². The molecule has 0 atom stereocenters. The van der Waals surface area contributed by atoms with Crippen molar-refractivity contribution >= 4 is 11.8 Å². The summed E-state index contributed by atoms with van der Waals surface area (Å²) in [5.41, 5.74) is 0. The summed E-state index contributed by atoms with van der Waals surface area (Å²) in [5.74, 6) is 0.219. The number of aliphatic hydroxyl groups excluding tert-OH is 1. The average molecular weight is 271 g/mol. The Morgan fingerprint density at radius 1 is 1.26 bits per heavy atom. The Morgan fingerprint density at radius 2 is 1.95 bits per heavy atom. The zero-order valence-electron chi connectivity index (χ0n) is 11.7. The standard InChI is InChI=1S/C13H25N3O3/c1-14-7-3-12(18)16-8-4-11(5-9-16)13(19)15-6-2-10-17/h11,14,17H,2-10H2,1H3,(H,15,19). The zero-order chi connectivity index (χ0) is 14.1. The molecule has 110 valence electrons. The van der Waals surface area contributed by atoms with Crippen molar-refractivity contribution in [1.29, 1.82) is 0 Å². The molecule has 0 aromatic rings. The lowest BCUT2D eigenvalue weighted by Gasteiger charge is -2.31. The highest BCUT2D eigenvalue weighted by Gasteiger charge is 2.26. The molecule has 0 radical (unpaired) electrons. The van der Waals surface area contributed by atoms with E-state index in [0.717, 1.165) is 12.8 Å². The molecule has 1 heterocycles. The first-order chi connectivity index (χ1) is 9.19. The number of carbonyl (C=O) groups excluding carboxylic acids is 2. The van der Waals surface area contributed by atoms with Crippen molar-refractivity contribution < 1.29 is 14.7 Å². The van der Waals surface area contributed by atoms with Crippen LogP contribution in [0.25, 0.3) is 0 Å². The Balaban J connectivity index is 2.24. The van der Waals surface area contributed by atoms with Crippen LogP contribution in [0.5, 0.6) is 0 Å². The van der Waals surface area contributed by atoms with Crippen LogP contribution in [-0.2, 0) is 9.59 Å². The van der Waals surface area contributed by atoms with Crippen LogP contribution >= 0.6 is 0 Å². The van der Waals surface area contributed by atoms with Gasteiger partial charge in [0.25, 0.3) is 0 Å². The predicted octanol–water partition coefficient (Wildman–Crippen LogP) is -0.667. The first-order valence-electron chi connectivity index (χ1n) is 7.00. The molecule has 0 bridgehead atoms. The quantitative estimate of drug-likeness (QED) is 0.537. The van der Waals surface area contributed by atoms with E-state index in [1.165, 1.54) is 0 Å². The number of likely N-dealkylation sites (tertiary alicyclic amines) is 1. The Bertz CT molecular complexity index is 289. The van der Waals surface area contributed by atoms with Crippen LogP contribution in [0.4, 0.5) is 0 Å². The van der Waals surface area contributed by atoms with Crippen LogP contribution in [0.3, 0.4) is 0 Å². The molecule has 3 N–H and O–H groups in total. The number of nitrogens with zero attached hydrogens (tertiary/aromatic N) is 1. The van der Waals surface area contributed by atoms with E-state index in [2.05, 4.69) is 10.6 Å². The minimum absolute atomic E-state index is 0.00652. The second-order valence-electron chi connectivity index (χ2n) is 4.88. The monoisotopic (exact) mass is 271 g/mol. The highest BCUT2D eigenvalue weighted by Crippen LogP contribution is 2.17. The molecule has 1 fully saturated rings. The van der Waals surface area contributed by atoms with Crippen LogP contribution in [-0.4, -0.2) is 61.7 Å². The maximum atomic E-state index is 11.8. The van der Waals surface area contributed by atoms with Gasteiger partial charge in [0.2, 0.25) is 11.8 Å². The Kier molecular flexibility index (Phi) is 7.43. The average Bonchev–Trinajstić information content (AvgIpc) is 2.45. The Morgan fingerprint density at radius 3 is 2.53 bits per heavy atom. The molecule has 0 aliphatic carbocycles. The molecule has 0 spiro atoms. The Hall–Kier alpha value is -1.14. The fourth-order valence-corrected chi connectivity index (χ4v) is 2.22. The van der Waals surface area contributed by atoms with Gasteiger partial charge in [-0.1, -0.05) is 0 Å².